The molecule has 0 unspecified atom stereocenters. The van der Waals surface area contributed by atoms with Gasteiger partial charge in [0.05, 0.1) is 11.5 Å². The van der Waals surface area contributed by atoms with Crippen LogP contribution in [0.4, 0.5) is 0 Å². The number of methoxy groups -OCH3 is 1. The van der Waals surface area contributed by atoms with Crippen molar-refractivity contribution < 1.29 is 13.2 Å². The molecule has 158 valence electrons. The van der Waals surface area contributed by atoms with Crippen LogP contribution in [0.1, 0.15) is 11.1 Å². The zero-order valence-corrected chi connectivity index (χ0v) is 18.4. The van der Waals surface area contributed by atoms with Crippen LogP contribution in [0, 0.1) is 0 Å². The molecule has 0 aliphatic carbocycles. The lowest BCUT2D eigenvalue weighted by Gasteiger charge is -2.22. The number of ether oxygens (including phenoxy) is 1. The van der Waals surface area contributed by atoms with E-state index in [9.17, 15) is 8.42 Å². The number of nitrogens with zero attached hydrogens (tertiary/aromatic N) is 2. The summed E-state index contributed by atoms with van der Waals surface area (Å²) in [6.45, 7) is 1.76. The average molecular weight is 439 g/mol. The third-order valence-corrected chi connectivity index (χ3v) is 5.92. The van der Waals surface area contributed by atoms with E-state index in [4.69, 9.17) is 16.3 Å². The highest BCUT2D eigenvalue weighted by Gasteiger charge is 2.13. The van der Waals surface area contributed by atoms with Crippen LogP contribution in [0.15, 0.2) is 58.4 Å². The molecule has 2 N–H and O–H groups in total. The monoisotopic (exact) mass is 438 g/mol. The number of guanidine groups is 1. The van der Waals surface area contributed by atoms with Gasteiger partial charge in [0.2, 0.25) is 10.0 Å². The minimum atomic E-state index is -3.53. The van der Waals surface area contributed by atoms with E-state index in [0.29, 0.717) is 24.7 Å². The van der Waals surface area contributed by atoms with Gasteiger partial charge < -0.3 is 15.0 Å². The summed E-state index contributed by atoms with van der Waals surface area (Å²) in [5, 5.41) is 3.99. The van der Waals surface area contributed by atoms with Gasteiger partial charge in [0.15, 0.2) is 5.96 Å². The third-order valence-electron chi connectivity index (χ3n) is 4.19. The smallest absolute Gasteiger partial charge is 0.240 e. The summed E-state index contributed by atoms with van der Waals surface area (Å²) < 4.78 is 31.8. The molecule has 0 saturated carbocycles. The van der Waals surface area contributed by atoms with Crippen LogP contribution >= 0.6 is 11.6 Å². The minimum absolute atomic E-state index is 0.224. The Bertz CT molecular complexity index is 900. The lowest BCUT2D eigenvalue weighted by atomic mass is 10.2. The molecule has 0 radical (unpaired) electrons. The Morgan fingerprint density at radius 2 is 1.72 bits per heavy atom. The summed E-state index contributed by atoms with van der Waals surface area (Å²) in [4.78, 5) is 6.53. The van der Waals surface area contributed by atoms with Gasteiger partial charge in [0, 0.05) is 45.9 Å². The van der Waals surface area contributed by atoms with Crippen molar-refractivity contribution in [3.63, 3.8) is 0 Å². The van der Waals surface area contributed by atoms with E-state index in [-0.39, 0.29) is 11.4 Å². The van der Waals surface area contributed by atoms with Gasteiger partial charge in [0.1, 0.15) is 0 Å². The van der Waals surface area contributed by atoms with Crippen LogP contribution in [0.3, 0.4) is 0 Å². The van der Waals surface area contributed by atoms with Gasteiger partial charge in [-0.1, -0.05) is 35.9 Å². The number of rotatable bonds is 9. The van der Waals surface area contributed by atoms with Crippen molar-refractivity contribution >= 4 is 27.6 Å². The number of sulfonamides is 1. The Morgan fingerprint density at radius 1 is 1.10 bits per heavy atom. The van der Waals surface area contributed by atoms with Gasteiger partial charge >= 0.3 is 0 Å². The fourth-order valence-electron chi connectivity index (χ4n) is 2.65. The average Bonchev–Trinajstić information content (AvgIpc) is 2.70. The van der Waals surface area contributed by atoms with Crippen molar-refractivity contribution in [3.05, 3.63) is 64.7 Å². The molecule has 0 aromatic heterocycles. The first-order valence-corrected chi connectivity index (χ1v) is 11.0. The Labute approximate surface area is 177 Å². The number of aliphatic imine (C=N–C) groups is 1. The lowest BCUT2D eigenvalue weighted by Crippen LogP contribution is -2.38. The Hall–Kier alpha value is -2.13. The number of hydrogen-bond donors (Lipinski definition) is 2. The quantitative estimate of drug-likeness (QED) is 0.357. The second kappa shape index (κ2) is 11.2. The summed E-state index contributed by atoms with van der Waals surface area (Å²) in [6, 6.07) is 14.4. The van der Waals surface area contributed by atoms with Crippen molar-refractivity contribution in [2.45, 2.75) is 18.0 Å². The molecule has 7 nitrogen and oxygen atoms in total. The van der Waals surface area contributed by atoms with Crippen molar-refractivity contribution in [2.24, 2.45) is 4.99 Å². The Morgan fingerprint density at radius 3 is 2.31 bits per heavy atom. The maximum atomic E-state index is 12.2. The van der Waals surface area contributed by atoms with E-state index in [2.05, 4.69) is 15.0 Å². The zero-order chi connectivity index (χ0) is 21.3. The van der Waals surface area contributed by atoms with E-state index in [1.54, 1.807) is 31.3 Å². The van der Waals surface area contributed by atoms with Crippen molar-refractivity contribution in [1.82, 2.24) is 14.9 Å². The summed E-state index contributed by atoms with van der Waals surface area (Å²) in [7, 11) is 1.67. The summed E-state index contributed by atoms with van der Waals surface area (Å²) in [5.41, 5.74) is 2.07. The zero-order valence-electron chi connectivity index (χ0n) is 16.9. The number of halogens is 1. The predicted molar refractivity (Wildman–Crippen MR) is 117 cm³/mol. The second-order valence-electron chi connectivity index (χ2n) is 6.42. The first-order valence-electron chi connectivity index (χ1n) is 9.09. The van der Waals surface area contributed by atoms with Crippen molar-refractivity contribution in [1.29, 1.82) is 0 Å². The molecule has 9 heteroatoms. The highest BCUT2D eigenvalue weighted by Crippen LogP contribution is 2.12. The molecule has 0 aliphatic heterocycles. The first-order chi connectivity index (χ1) is 13.9. The number of nitrogens with one attached hydrogen (secondary N) is 2. The van der Waals surface area contributed by atoms with Crippen molar-refractivity contribution in [3.8, 4) is 0 Å². The minimum Gasteiger partial charge on any atom is -0.383 e. The van der Waals surface area contributed by atoms with Crippen LogP contribution in [0.2, 0.25) is 5.02 Å². The molecular weight excluding hydrogens is 412 g/mol. The molecule has 0 amide bonds. The van der Waals surface area contributed by atoms with Crippen LogP contribution in [-0.2, 0) is 27.8 Å². The number of hydrogen-bond acceptors (Lipinski definition) is 4. The summed E-state index contributed by atoms with van der Waals surface area (Å²) >= 11 is 5.93. The largest absolute Gasteiger partial charge is 0.383 e. The second-order valence-corrected chi connectivity index (χ2v) is 8.62. The highest BCUT2D eigenvalue weighted by molar-refractivity contribution is 7.89. The SMILES string of the molecule is CN=C(NCc1ccc(S(=O)(=O)NCCOC)cc1)N(C)Cc1ccc(Cl)cc1. The fraction of sp³-hybridized carbons (Fsp3) is 0.350. The lowest BCUT2D eigenvalue weighted by molar-refractivity contribution is 0.204. The first kappa shape index (κ1) is 23.2. The van der Waals surface area contributed by atoms with Gasteiger partial charge in [0.25, 0.3) is 0 Å². The van der Waals surface area contributed by atoms with E-state index in [1.807, 2.05) is 36.2 Å². The van der Waals surface area contributed by atoms with E-state index >= 15 is 0 Å². The standard InChI is InChI=1S/C20H27ClN4O3S/c1-22-20(25(2)15-17-4-8-18(21)9-5-17)23-14-16-6-10-19(11-7-16)29(26,27)24-12-13-28-3/h4-11,24H,12-15H2,1-3H3,(H,22,23). The maximum Gasteiger partial charge on any atom is 0.240 e. The van der Waals surface area contributed by atoms with E-state index < -0.39 is 10.0 Å². The normalized spacial score (nSPS) is 12.1. The van der Waals surface area contributed by atoms with Gasteiger partial charge in [-0.05, 0) is 35.4 Å². The molecule has 0 atom stereocenters. The topological polar surface area (TPSA) is 83.0 Å². The van der Waals surface area contributed by atoms with E-state index in [1.165, 1.54) is 7.11 Å². The van der Waals surface area contributed by atoms with Crippen LogP contribution < -0.4 is 10.0 Å². The van der Waals surface area contributed by atoms with Gasteiger partial charge in [-0.2, -0.15) is 0 Å². The van der Waals surface area contributed by atoms with E-state index in [0.717, 1.165) is 17.1 Å². The van der Waals surface area contributed by atoms with Crippen molar-refractivity contribution in [2.75, 3.05) is 34.4 Å². The molecule has 0 saturated heterocycles. The van der Waals surface area contributed by atoms with Gasteiger partial charge in [-0.3, -0.25) is 4.99 Å². The molecule has 0 aliphatic rings. The van der Waals surface area contributed by atoms with Crippen LogP contribution in [0.25, 0.3) is 0 Å². The molecule has 0 fully saturated rings. The summed E-state index contributed by atoms with van der Waals surface area (Å²) in [6.07, 6.45) is 0. The van der Waals surface area contributed by atoms with Crippen LogP contribution in [-0.4, -0.2) is 53.6 Å². The molecule has 2 aromatic carbocycles. The van der Waals surface area contributed by atoms with Crippen LogP contribution in [0.5, 0.6) is 0 Å². The maximum absolute atomic E-state index is 12.2. The molecule has 0 spiro atoms. The van der Waals surface area contributed by atoms with Gasteiger partial charge in [-0.15, -0.1) is 0 Å². The molecule has 2 rings (SSSR count). The summed E-state index contributed by atoms with van der Waals surface area (Å²) in [5.74, 6) is 0.734. The fourth-order valence-corrected chi connectivity index (χ4v) is 3.79. The molecular formula is C20H27ClN4O3S. The Kier molecular flexibility index (Phi) is 8.91. The molecule has 0 bridgehead atoms. The third kappa shape index (κ3) is 7.32. The molecule has 0 heterocycles. The predicted octanol–water partition coefficient (Wildman–Crippen LogP) is 2.47. The highest BCUT2D eigenvalue weighted by atomic mass is 35.5. The van der Waals surface area contributed by atoms with Gasteiger partial charge in [-0.25, -0.2) is 13.1 Å². The number of benzene rings is 2. The molecule has 29 heavy (non-hydrogen) atoms. The molecule has 2 aromatic rings. The Balaban J connectivity index is 1.92.